The molecule has 1 unspecified atom stereocenters. The summed E-state index contributed by atoms with van der Waals surface area (Å²) in [6, 6.07) is 5.10. The molecule has 5 N–H and O–H groups in total. The Hall–Kier alpha value is -2.01. The van der Waals surface area contributed by atoms with E-state index in [-0.39, 0.29) is 18.6 Å². The highest BCUT2D eigenvalue weighted by Crippen LogP contribution is 2.19. The molecule has 1 aliphatic rings. The Labute approximate surface area is 112 Å². The van der Waals surface area contributed by atoms with E-state index < -0.39 is 0 Å². The zero-order chi connectivity index (χ0) is 13.8. The van der Waals surface area contributed by atoms with Crippen molar-refractivity contribution in [1.82, 2.24) is 4.90 Å². The SMILES string of the molecule is Nc1ccc(N)c(C=CC(=O)N2CCCC2CO)c1. The molecule has 1 amide bonds. The summed E-state index contributed by atoms with van der Waals surface area (Å²) in [6.07, 6.45) is 4.95. The van der Waals surface area contributed by atoms with E-state index in [1.165, 1.54) is 6.08 Å². The van der Waals surface area contributed by atoms with Gasteiger partial charge in [-0.2, -0.15) is 0 Å². The Balaban J connectivity index is 2.09. The van der Waals surface area contributed by atoms with Crippen molar-refractivity contribution in [2.45, 2.75) is 18.9 Å². The first-order chi connectivity index (χ1) is 9.11. The summed E-state index contributed by atoms with van der Waals surface area (Å²) in [5.41, 5.74) is 13.4. The fraction of sp³-hybridized carbons (Fsp3) is 0.357. The quantitative estimate of drug-likeness (QED) is 0.555. The van der Waals surface area contributed by atoms with Crippen LogP contribution in [0.1, 0.15) is 18.4 Å². The van der Waals surface area contributed by atoms with Crippen LogP contribution in [0.3, 0.4) is 0 Å². The van der Waals surface area contributed by atoms with Gasteiger partial charge in [0, 0.05) is 24.0 Å². The van der Waals surface area contributed by atoms with Crippen LogP contribution in [0, 0.1) is 0 Å². The molecule has 0 saturated carbocycles. The molecule has 19 heavy (non-hydrogen) atoms. The molecule has 0 aromatic heterocycles. The Kier molecular flexibility index (Phi) is 4.06. The van der Waals surface area contributed by atoms with Gasteiger partial charge in [0.2, 0.25) is 5.91 Å². The first-order valence-electron chi connectivity index (χ1n) is 6.36. The van der Waals surface area contributed by atoms with Gasteiger partial charge in [-0.25, -0.2) is 0 Å². The van der Waals surface area contributed by atoms with Gasteiger partial charge in [0.1, 0.15) is 0 Å². The highest BCUT2D eigenvalue weighted by molar-refractivity contribution is 5.93. The van der Waals surface area contributed by atoms with Gasteiger partial charge in [-0.05, 0) is 42.7 Å². The topological polar surface area (TPSA) is 92.6 Å². The van der Waals surface area contributed by atoms with Crippen LogP contribution in [0.15, 0.2) is 24.3 Å². The van der Waals surface area contributed by atoms with E-state index >= 15 is 0 Å². The number of hydrogen-bond acceptors (Lipinski definition) is 4. The fourth-order valence-electron chi connectivity index (χ4n) is 2.31. The molecule has 0 radical (unpaired) electrons. The summed E-state index contributed by atoms with van der Waals surface area (Å²) in [6.45, 7) is 0.709. The number of carbonyl (C=O) groups is 1. The van der Waals surface area contributed by atoms with Crippen LogP contribution in [-0.4, -0.2) is 35.1 Å². The number of nitrogens with two attached hydrogens (primary N) is 2. The predicted molar refractivity (Wildman–Crippen MR) is 76.1 cm³/mol. The largest absolute Gasteiger partial charge is 0.399 e. The summed E-state index contributed by atoms with van der Waals surface area (Å²) in [5, 5.41) is 9.20. The standard InChI is InChI=1S/C14H19N3O2/c15-11-4-5-13(16)10(8-11)3-6-14(19)17-7-1-2-12(17)9-18/h3-6,8,12,18H,1-2,7,9,15-16H2. The van der Waals surface area contributed by atoms with Gasteiger partial charge in [0.15, 0.2) is 0 Å². The van der Waals surface area contributed by atoms with E-state index in [4.69, 9.17) is 11.5 Å². The average Bonchev–Trinajstić information content (AvgIpc) is 2.88. The molecule has 0 bridgehead atoms. The number of anilines is 2. The maximum absolute atomic E-state index is 12.0. The highest BCUT2D eigenvalue weighted by atomic mass is 16.3. The molecule has 2 rings (SSSR count). The molecular formula is C14H19N3O2. The molecule has 1 saturated heterocycles. The number of nitrogens with zero attached hydrogens (tertiary/aromatic N) is 1. The van der Waals surface area contributed by atoms with Crippen molar-refractivity contribution in [2.24, 2.45) is 0 Å². The van der Waals surface area contributed by atoms with Gasteiger partial charge in [0.05, 0.1) is 12.6 Å². The third-order valence-electron chi connectivity index (χ3n) is 3.39. The minimum atomic E-state index is -0.0987. The monoisotopic (exact) mass is 261 g/mol. The maximum Gasteiger partial charge on any atom is 0.246 e. The zero-order valence-electron chi connectivity index (χ0n) is 10.7. The van der Waals surface area contributed by atoms with Crippen molar-refractivity contribution >= 4 is 23.4 Å². The molecule has 1 heterocycles. The molecule has 1 aromatic carbocycles. The molecule has 1 atom stereocenters. The van der Waals surface area contributed by atoms with Crippen LogP contribution in [0.5, 0.6) is 0 Å². The van der Waals surface area contributed by atoms with Crippen molar-refractivity contribution in [1.29, 1.82) is 0 Å². The second-order valence-electron chi connectivity index (χ2n) is 4.73. The van der Waals surface area contributed by atoms with E-state index in [9.17, 15) is 9.90 Å². The van der Waals surface area contributed by atoms with Gasteiger partial charge < -0.3 is 21.5 Å². The van der Waals surface area contributed by atoms with E-state index in [1.807, 2.05) is 0 Å². The predicted octanol–water partition coefficient (Wildman–Crippen LogP) is 0.847. The number of benzene rings is 1. The van der Waals surface area contributed by atoms with Crippen LogP contribution in [0.25, 0.3) is 6.08 Å². The third-order valence-corrected chi connectivity index (χ3v) is 3.39. The van der Waals surface area contributed by atoms with E-state index in [1.54, 1.807) is 29.2 Å². The van der Waals surface area contributed by atoms with E-state index in [0.29, 0.717) is 17.9 Å². The molecule has 1 fully saturated rings. The number of amides is 1. The van der Waals surface area contributed by atoms with Gasteiger partial charge in [0.25, 0.3) is 0 Å². The van der Waals surface area contributed by atoms with Crippen LogP contribution < -0.4 is 11.5 Å². The summed E-state index contributed by atoms with van der Waals surface area (Å²) in [5.74, 6) is -0.0987. The Morgan fingerprint density at radius 2 is 2.26 bits per heavy atom. The molecule has 0 spiro atoms. The molecule has 1 aromatic rings. The highest BCUT2D eigenvalue weighted by Gasteiger charge is 2.26. The molecule has 0 aliphatic carbocycles. The molecule has 1 aliphatic heterocycles. The van der Waals surface area contributed by atoms with Crippen molar-refractivity contribution in [3.63, 3.8) is 0 Å². The fourth-order valence-corrected chi connectivity index (χ4v) is 2.31. The van der Waals surface area contributed by atoms with Crippen LogP contribution >= 0.6 is 0 Å². The normalized spacial score (nSPS) is 19.2. The molecular weight excluding hydrogens is 242 g/mol. The zero-order valence-corrected chi connectivity index (χ0v) is 10.7. The summed E-state index contributed by atoms with van der Waals surface area (Å²) >= 11 is 0. The lowest BCUT2D eigenvalue weighted by molar-refractivity contribution is -0.127. The van der Waals surface area contributed by atoms with Crippen molar-refractivity contribution in [2.75, 3.05) is 24.6 Å². The van der Waals surface area contributed by atoms with Crippen LogP contribution in [0.2, 0.25) is 0 Å². The number of nitrogen functional groups attached to an aromatic ring is 2. The Bertz CT molecular complexity index is 499. The molecule has 5 heteroatoms. The molecule has 5 nitrogen and oxygen atoms in total. The minimum absolute atomic E-state index is 0.0139. The number of aliphatic hydroxyl groups is 1. The van der Waals surface area contributed by atoms with E-state index in [0.717, 1.165) is 18.4 Å². The van der Waals surface area contributed by atoms with Crippen molar-refractivity contribution in [3.05, 3.63) is 29.8 Å². The first-order valence-corrected chi connectivity index (χ1v) is 6.36. The van der Waals surface area contributed by atoms with Gasteiger partial charge >= 0.3 is 0 Å². The van der Waals surface area contributed by atoms with Crippen LogP contribution in [-0.2, 0) is 4.79 Å². The van der Waals surface area contributed by atoms with Crippen molar-refractivity contribution < 1.29 is 9.90 Å². The van der Waals surface area contributed by atoms with Gasteiger partial charge in [-0.3, -0.25) is 4.79 Å². The second kappa shape index (κ2) is 5.75. The minimum Gasteiger partial charge on any atom is -0.399 e. The number of carbonyl (C=O) groups excluding carboxylic acids is 1. The van der Waals surface area contributed by atoms with Crippen molar-refractivity contribution in [3.8, 4) is 0 Å². The Morgan fingerprint density at radius 3 is 3.00 bits per heavy atom. The van der Waals surface area contributed by atoms with Gasteiger partial charge in [-0.15, -0.1) is 0 Å². The molecule has 102 valence electrons. The average molecular weight is 261 g/mol. The summed E-state index contributed by atoms with van der Waals surface area (Å²) in [4.78, 5) is 13.7. The third kappa shape index (κ3) is 3.06. The first kappa shape index (κ1) is 13.4. The van der Waals surface area contributed by atoms with E-state index in [2.05, 4.69) is 0 Å². The number of hydrogen-bond donors (Lipinski definition) is 3. The maximum atomic E-state index is 12.0. The summed E-state index contributed by atoms with van der Waals surface area (Å²) in [7, 11) is 0. The number of likely N-dealkylation sites (tertiary alicyclic amines) is 1. The lowest BCUT2D eigenvalue weighted by Crippen LogP contribution is -2.36. The van der Waals surface area contributed by atoms with Crippen LogP contribution in [0.4, 0.5) is 11.4 Å². The summed E-state index contributed by atoms with van der Waals surface area (Å²) < 4.78 is 0. The van der Waals surface area contributed by atoms with Gasteiger partial charge in [-0.1, -0.05) is 0 Å². The smallest absolute Gasteiger partial charge is 0.246 e. The lowest BCUT2D eigenvalue weighted by atomic mass is 10.1. The number of rotatable bonds is 3. The number of aliphatic hydroxyl groups excluding tert-OH is 1. The Morgan fingerprint density at radius 1 is 1.47 bits per heavy atom. The lowest BCUT2D eigenvalue weighted by Gasteiger charge is -2.21. The second-order valence-corrected chi connectivity index (χ2v) is 4.73.